The van der Waals surface area contributed by atoms with Gasteiger partial charge in [-0.3, -0.25) is 0 Å². The molecule has 1 N–H and O–H groups in total. The number of nitrogens with one attached hydrogen (secondary N) is 1. The summed E-state index contributed by atoms with van der Waals surface area (Å²) in [5.74, 6) is 1.64. The minimum Gasteiger partial charge on any atom is -0.352 e. The fourth-order valence-electron chi connectivity index (χ4n) is 2.19. The van der Waals surface area contributed by atoms with Crippen molar-refractivity contribution in [3.05, 3.63) is 17.8 Å². The maximum atomic E-state index is 4.34. The highest BCUT2D eigenvalue weighted by atomic mass is 15.3. The Morgan fingerprint density at radius 1 is 1.41 bits per heavy atom. The third-order valence-electron chi connectivity index (χ3n) is 3.02. The predicted molar refractivity (Wildman–Crippen MR) is 70.3 cm³/mol. The molecule has 1 fully saturated rings. The molecule has 1 aliphatic heterocycles. The molecule has 1 aromatic heterocycles. The zero-order valence-corrected chi connectivity index (χ0v) is 11.0. The third-order valence-corrected chi connectivity index (χ3v) is 3.02. The number of rotatable bonds is 3. The molecule has 1 aromatic rings. The van der Waals surface area contributed by atoms with Gasteiger partial charge in [-0.05, 0) is 31.4 Å². The summed E-state index contributed by atoms with van der Waals surface area (Å²) in [7, 11) is 0. The van der Waals surface area contributed by atoms with E-state index in [1.807, 2.05) is 0 Å². The Bertz CT molecular complexity index is 347. The maximum Gasteiger partial charge on any atom is 0.151 e. The van der Waals surface area contributed by atoms with E-state index in [0.717, 1.165) is 37.6 Å². The van der Waals surface area contributed by atoms with Crippen molar-refractivity contribution in [2.45, 2.75) is 33.2 Å². The molecule has 0 aromatic carbocycles. The molecule has 1 atom stereocenters. The Labute approximate surface area is 103 Å². The number of nitrogens with zero attached hydrogens (tertiary/aromatic N) is 3. The Hall–Kier alpha value is -1.16. The van der Waals surface area contributed by atoms with Crippen molar-refractivity contribution >= 4 is 5.82 Å². The van der Waals surface area contributed by atoms with E-state index in [0.29, 0.717) is 12.0 Å². The van der Waals surface area contributed by atoms with Crippen LogP contribution in [-0.4, -0.2) is 35.9 Å². The number of aromatic nitrogens is 2. The monoisotopic (exact) mass is 234 g/mol. The van der Waals surface area contributed by atoms with Crippen molar-refractivity contribution in [3.8, 4) is 0 Å². The van der Waals surface area contributed by atoms with Crippen LogP contribution in [0.15, 0.2) is 12.1 Å². The number of hydrogen-bond donors (Lipinski definition) is 1. The highest BCUT2D eigenvalue weighted by Crippen LogP contribution is 2.13. The number of piperazine rings is 1. The molecule has 4 heteroatoms. The van der Waals surface area contributed by atoms with Crippen LogP contribution in [0.25, 0.3) is 0 Å². The van der Waals surface area contributed by atoms with Gasteiger partial charge in [-0.2, -0.15) is 5.10 Å². The van der Waals surface area contributed by atoms with Crippen molar-refractivity contribution in [2.75, 3.05) is 24.5 Å². The van der Waals surface area contributed by atoms with E-state index in [2.05, 4.69) is 53.3 Å². The summed E-state index contributed by atoms with van der Waals surface area (Å²) in [4.78, 5) is 2.30. The Kier molecular flexibility index (Phi) is 3.94. The first-order valence-corrected chi connectivity index (χ1v) is 6.46. The molecule has 0 bridgehead atoms. The highest BCUT2D eigenvalue weighted by Gasteiger charge is 2.17. The molecule has 0 radical (unpaired) electrons. The molecule has 94 valence electrons. The van der Waals surface area contributed by atoms with Gasteiger partial charge < -0.3 is 10.2 Å². The fraction of sp³-hybridized carbons (Fsp3) is 0.692. The van der Waals surface area contributed by atoms with Gasteiger partial charge in [0.2, 0.25) is 0 Å². The van der Waals surface area contributed by atoms with Crippen molar-refractivity contribution in [1.82, 2.24) is 15.5 Å². The van der Waals surface area contributed by atoms with E-state index in [1.165, 1.54) is 0 Å². The molecular formula is C13H22N4. The zero-order valence-electron chi connectivity index (χ0n) is 11.0. The van der Waals surface area contributed by atoms with Crippen molar-refractivity contribution < 1.29 is 0 Å². The van der Waals surface area contributed by atoms with Crippen LogP contribution >= 0.6 is 0 Å². The summed E-state index contributed by atoms with van der Waals surface area (Å²) in [6.45, 7) is 9.66. The van der Waals surface area contributed by atoms with E-state index < -0.39 is 0 Å². The second-order valence-corrected chi connectivity index (χ2v) is 5.28. The van der Waals surface area contributed by atoms with Crippen LogP contribution in [0.2, 0.25) is 0 Å². The Morgan fingerprint density at radius 3 is 2.82 bits per heavy atom. The minimum absolute atomic E-state index is 0.529. The summed E-state index contributed by atoms with van der Waals surface area (Å²) in [6, 6.07) is 4.73. The van der Waals surface area contributed by atoms with E-state index in [1.54, 1.807) is 0 Å². The van der Waals surface area contributed by atoms with Gasteiger partial charge in [0.25, 0.3) is 0 Å². The number of hydrogen-bond acceptors (Lipinski definition) is 4. The van der Waals surface area contributed by atoms with Crippen molar-refractivity contribution in [3.63, 3.8) is 0 Å². The molecule has 0 saturated carbocycles. The molecule has 0 amide bonds. The molecule has 1 saturated heterocycles. The third kappa shape index (κ3) is 3.40. The topological polar surface area (TPSA) is 41.0 Å². The first-order valence-electron chi connectivity index (χ1n) is 6.46. The van der Waals surface area contributed by atoms with Crippen LogP contribution in [0.1, 0.15) is 26.5 Å². The zero-order chi connectivity index (χ0) is 12.3. The quantitative estimate of drug-likeness (QED) is 0.860. The summed E-state index contributed by atoms with van der Waals surface area (Å²) < 4.78 is 0. The highest BCUT2D eigenvalue weighted by molar-refractivity contribution is 5.38. The first kappa shape index (κ1) is 12.3. The van der Waals surface area contributed by atoms with E-state index in [-0.39, 0.29) is 0 Å². The summed E-state index contributed by atoms with van der Waals surface area (Å²) in [5, 5.41) is 12.1. The second kappa shape index (κ2) is 5.45. The molecule has 1 aliphatic rings. The van der Waals surface area contributed by atoms with Gasteiger partial charge in [0.15, 0.2) is 5.82 Å². The average Bonchev–Trinajstić information content (AvgIpc) is 2.29. The van der Waals surface area contributed by atoms with Crippen molar-refractivity contribution in [1.29, 1.82) is 0 Å². The molecular weight excluding hydrogens is 212 g/mol. The second-order valence-electron chi connectivity index (χ2n) is 5.28. The van der Waals surface area contributed by atoms with Gasteiger partial charge in [0.05, 0.1) is 5.69 Å². The summed E-state index contributed by atoms with van der Waals surface area (Å²) >= 11 is 0. The standard InChI is InChI=1S/C13H22N4/c1-10(2)8-12-4-5-13(16-15-12)17-7-6-14-11(3)9-17/h4-5,10-11,14H,6-9H2,1-3H3. The molecule has 4 nitrogen and oxygen atoms in total. The average molecular weight is 234 g/mol. The van der Waals surface area contributed by atoms with Crippen LogP contribution in [0.5, 0.6) is 0 Å². The van der Waals surface area contributed by atoms with Gasteiger partial charge in [-0.25, -0.2) is 0 Å². The van der Waals surface area contributed by atoms with Crippen LogP contribution < -0.4 is 10.2 Å². The van der Waals surface area contributed by atoms with E-state index in [9.17, 15) is 0 Å². The predicted octanol–water partition coefficient (Wildman–Crippen LogP) is 1.47. The lowest BCUT2D eigenvalue weighted by Crippen LogP contribution is -2.49. The van der Waals surface area contributed by atoms with Gasteiger partial charge in [0, 0.05) is 25.7 Å². The molecule has 0 spiro atoms. The lowest BCUT2D eigenvalue weighted by Gasteiger charge is -2.32. The lowest BCUT2D eigenvalue weighted by molar-refractivity contribution is 0.481. The first-order chi connectivity index (χ1) is 8.15. The molecule has 2 heterocycles. The van der Waals surface area contributed by atoms with Crippen LogP contribution in [-0.2, 0) is 6.42 Å². The number of anilines is 1. The normalized spacial score (nSPS) is 20.9. The molecule has 17 heavy (non-hydrogen) atoms. The van der Waals surface area contributed by atoms with Gasteiger partial charge >= 0.3 is 0 Å². The summed E-state index contributed by atoms with van der Waals surface area (Å²) in [5.41, 5.74) is 1.09. The summed E-state index contributed by atoms with van der Waals surface area (Å²) in [6.07, 6.45) is 1.01. The fourth-order valence-corrected chi connectivity index (χ4v) is 2.19. The van der Waals surface area contributed by atoms with Gasteiger partial charge in [0.1, 0.15) is 0 Å². The molecule has 1 unspecified atom stereocenters. The lowest BCUT2D eigenvalue weighted by atomic mass is 10.1. The van der Waals surface area contributed by atoms with Crippen LogP contribution in [0.3, 0.4) is 0 Å². The van der Waals surface area contributed by atoms with Crippen LogP contribution in [0.4, 0.5) is 5.82 Å². The Morgan fingerprint density at radius 2 is 2.24 bits per heavy atom. The SMILES string of the molecule is CC(C)Cc1ccc(N2CCNC(C)C2)nn1. The molecule has 0 aliphatic carbocycles. The van der Waals surface area contributed by atoms with Crippen molar-refractivity contribution in [2.24, 2.45) is 5.92 Å². The van der Waals surface area contributed by atoms with E-state index >= 15 is 0 Å². The van der Waals surface area contributed by atoms with E-state index in [4.69, 9.17) is 0 Å². The minimum atomic E-state index is 0.529. The smallest absolute Gasteiger partial charge is 0.151 e. The van der Waals surface area contributed by atoms with Gasteiger partial charge in [-0.15, -0.1) is 5.10 Å². The van der Waals surface area contributed by atoms with Crippen LogP contribution in [0, 0.1) is 5.92 Å². The maximum absolute atomic E-state index is 4.34. The Balaban J connectivity index is 2.01. The molecule has 2 rings (SSSR count). The largest absolute Gasteiger partial charge is 0.352 e. The van der Waals surface area contributed by atoms with Gasteiger partial charge in [-0.1, -0.05) is 13.8 Å².